The van der Waals surface area contributed by atoms with Gasteiger partial charge in [0.1, 0.15) is 11.9 Å². The summed E-state index contributed by atoms with van der Waals surface area (Å²) in [6.07, 6.45) is 1.79. The molecule has 1 aromatic heterocycles. The molecule has 2 aromatic carbocycles. The van der Waals surface area contributed by atoms with Crippen molar-refractivity contribution in [1.82, 2.24) is 10.3 Å². The van der Waals surface area contributed by atoms with Gasteiger partial charge in [0.05, 0.1) is 5.69 Å². The summed E-state index contributed by atoms with van der Waals surface area (Å²) < 4.78 is 13.2. The maximum absolute atomic E-state index is 13.2. The van der Waals surface area contributed by atoms with E-state index in [0.29, 0.717) is 18.7 Å². The zero-order chi connectivity index (χ0) is 22.4. The monoisotopic (exact) mass is 439 g/mol. The molecule has 0 aliphatic rings. The number of carboxylic acid groups (broad SMARTS) is 1. The number of rotatable bonds is 9. The van der Waals surface area contributed by atoms with Gasteiger partial charge >= 0.3 is 5.97 Å². The number of nitrogens with zero attached hydrogens (tertiary/aromatic N) is 2. The summed E-state index contributed by atoms with van der Waals surface area (Å²) in [7, 11) is 0. The highest BCUT2D eigenvalue weighted by Gasteiger charge is 2.16. The van der Waals surface area contributed by atoms with E-state index in [2.05, 4.69) is 16.9 Å². The van der Waals surface area contributed by atoms with Crippen LogP contribution in [-0.4, -0.2) is 34.6 Å². The van der Waals surface area contributed by atoms with Crippen molar-refractivity contribution in [1.29, 1.82) is 0 Å². The van der Waals surface area contributed by atoms with Gasteiger partial charge in [-0.3, -0.25) is 9.59 Å². The molecule has 0 bridgehead atoms. The third-order valence-electron chi connectivity index (χ3n) is 4.56. The van der Waals surface area contributed by atoms with Gasteiger partial charge in [-0.15, -0.1) is 17.9 Å². The van der Waals surface area contributed by atoms with E-state index in [1.807, 2.05) is 22.4 Å². The van der Waals surface area contributed by atoms with Crippen LogP contribution in [0.1, 0.15) is 22.8 Å². The highest BCUT2D eigenvalue weighted by Crippen LogP contribution is 2.28. The summed E-state index contributed by atoms with van der Waals surface area (Å²) in [5.41, 5.74) is 2.96. The Labute approximate surface area is 183 Å². The fourth-order valence-electron chi connectivity index (χ4n) is 2.85. The normalized spacial score (nSPS) is 11.5. The lowest BCUT2D eigenvalue weighted by Crippen LogP contribution is -2.38. The van der Waals surface area contributed by atoms with E-state index < -0.39 is 17.9 Å². The third kappa shape index (κ3) is 5.76. The second kappa shape index (κ2) is 9.99. The van der Waals surface area contributed by atoms with Crippen LogP contribution in [0.15, 0.2) is 66.6 Å². The van der Waals surface area contributed by atoms with E-state index in [-0.39, 0.29) is 5.82 Å². The molecule has 1 heterocycles. The van der Waals surface area contributed by atoms with Crippen molar-refractivity contribution < 1.29 is 19.1 Å². The van der Waals surface area contributed by atoms with E-state index in [1.165, 1.54) is 30.4 Å². The zero-order valence-corrected chi connectivity index (χ0v) is 17.7. The van der Waals surface area contributed by atoms with E-state index in [1.54, 1.807) is 30.3 Å². The first-order valence-corrected chi connectivity index (χ1v) is 10.4. The van der Waals surface area contributed by atoms with Crippen LogP contribution in [-0.2, 0) is 11.3 Å². The van der Waals surface area contributed by atoms with E-state index >= 15 is 0 Å². The number of nitrogens with one attached hydrogen (secondary N) is 1. The number of halogens is 1. The molecule has 31 heavy (non-hydrogen) atoms. The Kier molecular flexibility index (Phi) is 7.15. The van der Waals surface area contributed by atoms with Crippen LogP contribution in [0, 0.1) is 5.82 Å². The second-order valence-corrected chi connectivity index (χ2v) is 7.76. The highest BCUT2D eigenvalue weighted by atomic mass is 32.1. The van der Waals surface area contributed by atoms with E-state index in [4.69, 9.17) is 5.11 Å². The number of anilines is 1. The number of carbonyl (C=O) groups is 2. The lowest BCUT2D eigenvalue weighted by atomic mass is 10.1. The number of aliphatic carboxylic acids is 1. The van der Waals surface area contributed by atoms with Gasteiger partial charge in [-0.1, -0.05) is 18.2 Å². The summed E-state index contributed by atoms with van der Waals surface area (Å²) in [5, 5.41) is 14.1. The van der Waals surface area contributed by atoms with Crippen LogP contribution in [0.25, 0.3) is 11.3 Å². The zero-order valence-electron chi connectivity index (χ0n) is 16.9. The molecule has 0 aliphatic heterocycles. The minimum absolute atomic E-state index is 0.290. The molecule has 0 radical (unpaired) electrons. The number of carbonyl (C=O) groups excluding carboxylic acids is 1. The lowest BCUT2D eigenvalue weighted by molar-refractivity contribution is -0.138. The molecule has 0 saturated heterocycles. The molecule has 1 atom stereocenters. The minimum atomic E-state index is -1.09. The van der Waals surface area contributed by atoms with Crippen molar-refractivity contribution in [2.75, 3.05) is 11.4 Å². The standard InChI is InChI=1S/C23H22FN3O3S/c1-3-12-27(23-26-20(14-31-23)17-8-10-19(24)11-9-17)13-16-4-6-18(7-5-16)21(28)25-15(2)22(29)30/h3-11,14-15H,1,12-13H2,2H3,(H,25,28)(H,29,30). The van der Waals surface area contributed by atoms with Gasteiger partial charge in [0.2, 0.25) is 0 Å². The van der Waals surface area contributed by atoms with Crippen molar-refractivity contribution >= 4 is 28.3 Å². The SMILES string of the molecule is C=CCN(Cc1ccc(C(=O)NC(C)C(=O)O)cc1)c1nc(-c2ccc(F)cc2)cs1. The number of carboxylic acids is 1. The number of thiazole rings is 1. The number of amides is 1. The molecule has 1 amide bonds. The summed E-state index contributed by atoms with van der Waals surface area (Å²) >= 11 is 1.49. The van der Waals surface area contributed by atoms with Crippen LogP contribution in [0.4, 0.5) is 9.52 Å². The largest absolute Gasteiger partial charge is 0.480 e. The Balaban J connectivity index is 1.72. The molecule has 160 valence electrons. The quantitative estimate of drug-likeness (QED) is 0.485. The average Bonchev–Trinajstić information content (AvgIpc) is 3.24. The summed E-state index contributed by atoms with van der Waals surface area (Å²) in [5.74, 6) is -1.82. The Morgan fingerprint density at radius 3 is 2.52 bits per heavy atom. The summed E-state index contributed by atoms with van der Waals surface area (Å²) in [4.78, 5) is 29.8. The molecule has 0 spiro atoms. The Morgan fingerprint density at radius 1 is 1.23 bits per heavy atom. The minimum Gasteiger partial charge on any atom is -0.480 e. The molecule has 2 N–H and O–H groups in total. The van der Waals surface area contributed by atoms with Crippen LogP contribution >= 0.6 is 11.3 Å². The fourth-order valence-corrected chi connectivity index (χ4v) is 3.70. The van der Waals surface area contributed by atoms with Gasteiger partial charge in [0.15, 0.2) is 5.13 Å². The second-order valence-electron chi connectivity index (χ2n) is 6.92. The van der Waals surface area contributed by atoms with Gasteiger partial charge in [0.25, 0.3) is 5.91 Å². The Morgan fingerprint density at radius 2 is 1.90 bits per heavy atom. The molecule has 0 aliphatic carbocycles. The van der Waals surface area contributed by atoms with Gasteiger partial charge in [-0.2, -0.15) is 0 Å². The van der Waals surface area contributed by atoms with Gasteiger partial charge in [-0.05, 0) is 48.9 Å². The van der Waals surface area contributed by atoms with E-state index in [9.17, 15) is 14.0 Å². The highest BCUT2D eigenvalue weighted by molar-refractivity contribution is 7.14. The van der Waals surface area contributed by atoms with Crippen molar-refractivity contribution in [3.8, 4) is 11.3 Å². The van der Waals surface area contributed by atoms with Gasteiger partial charge in [0, 0.05) is 29.6 Å². The molecule has 0 fully saturated rings. The molecule has 8 heteroatoms. The van der Waals surface area contributed by atoms with Crippen molar-refractivity contribution in [2.24, 2.45) is 0 Å². The van der Waals surface area contributed by atoms with Crippen LogP contribution in [0.2, 0.25) is 0 Å². The Hall–Kier alpha value is -3.52. The molecule has 0 saturated carbocycles. The van der Waals surface area contributed by atoms with Crippen molar-refractivity contribution in [3.63, 3.8) is 0 Å². The number of aromatic nitrogens is 1. The number of hydrogen-bond acceptors (Lipinski definition) is 5. The van der Waals surface area contributed by atoms with Gasteiger partial charge in [-0.25, -0.2) is 9.37 Å². The number of hydrogen-bond donors (Lipinski definition) is 2. The molecule has 3 aromatic rings. The van der Waals surface area contributed by atoms with Crippen molar-refractivity contribution in [2.45, 2.75) is 19.5 Å². The van der Waals surface area contributed by atoms with Crippen LogP contribution in [0.3, 0.4) is 0 Å². The average molecular weight is 440 g/mol. The van der Waals surface area contributed by atoms with Crippen LogP contribution in [0.5, 0.6) is 0 Å². The lowest BCUT2D eigenvalue weighted by Gasteiger charge is -2.20. The maximum atomic E-state index is 13.2. The van der Waals surface area contributed by atoms with Gasteiger partial charge < -0.3 is 15.3 Å². The fraction of sp³-hybridized carbons (Fsp3) is 0.174. The van der Waals surface area contributed by atoms with Crippen LogP contribution < -0.4 is 10.2 Å². The molecular weight excluding hydrogens is 417 g/mol. The predicted octanol–water partition coefficient (Wildman–Crippen LogP) is 4.34. The first-order chi connectivity index (χ1) is 14.9. The Bertz CT molecular complexity index is 1060. The first-order valence-electron chi connectivity index (χ1n) is 9.57. The molecule has 6 nitrogen and oxygen atoms in total. The smallest absolute Gasteiger partial charge is 0.325 e. The molecule has 1 unspecified atom stereocenters. The summed E-state index contributed by atoms with van der Waals surface area (Å²) in [6, 6.07) is 12.2. The van der Waals surface area contributed by atoms with Crippen molar-refractivity contribution in [3.05, 3.63) is 83.5 Å². The molecular formula is C23H22FN3O3S. The maximum Gasteiger partial charge on any atom is 0.325 e. The topological polar surface area (TPSA) is 82.5 Å². The number of benzene rings is 2. The summed E-state index contributed by atoms with van der Waals surface area (Å²) in [6.45, 7) is 6.36. The van der Waals surface area contributed by atoms with E-state index in [0.717, 1.165) is 22.0 Å². The molecule has 3 rings (SSSR count). The predicted molar refractivity (Wildman–Crippen MR) is 120 cm³/mol. The first kappa shape index (κ1) is 22.2. The third-order valence-corrected chi connectivity index (χ3v) is 5.46.